The molecule has 0 bridgehead atoms. The van der Waals surface area contributed by atoms with Gasteiger partial charge >= 0.3 is 5.76 Å². The molecule has 1 aliphatic carbocycles. The second-order valence-corrected chi connectivity index (χ2v) is 9.93. The maximum absolute atomic E-state index is 12.9. The van der Waals surface area contributed by atoms with Crippen LogP contribution in [0, 0.1) is 19.9 Å². The van der Waals surface area contributed by atoms with Crippen LogP contribution >= 0.6 is 0 Å². The number of nitrogens with one attached hydrogen (secondary N) is 1. The zero-order valence-electron chi connectivity index (χ0n) is 18.4. The minimum absolute atomic E-state index is 0. The quantitative estimate of drug-likeness (QED) is 0.373. The Morgan fingerprint density at radius 2 is 2.06 bits per heavy atom. The largest absolute Gasteiger partial charge is 0.358 e. The molecule has 1 N–H and O–H groups in total. The summed E-state index contributed by atoms with van der Waals surface area (Å²) < 4.78 is 52.7. The Kier molecular flexibility index (Phi) is 7.40. The first-order valence-electron chi connectivity index (χ1n) is 9.92. The van der Waals surface area contributed by atoms with Crippen molar-refractivity contribution in [2.75, 3.05) is 25.0 Å². The van der Waals surface area contributed by atoms with Crippen LogP contribution < -0.4 is 5.32 Å². The number of carbonyl (C=O) groups is 1. The summed E-state index contributed by atoms with van der Waals surface area (Å²) in [5, 5.41) is 11.2. The molecule has 4 heterocycles. The van der Waals surface area contributed by atoms with Gasteiger partial charge in [0.2, 0.25) is 18.4 Å². The van der Waals surface area contributed by atoms with E-state index in [1.807, 2.05) is 0 Å². The average Bonchev–Trinajstić information content (AvgIpc) is 3.34. The van der Waals surface area contributed by atoms with E-state index in [2.05, 4.69) is 30.3 Å². The van der Waals surface area contributed by atoms with Gasteiger partial charge in [0.15, 0.2) is 17.0 Å². The van der Waals surface area contributed by atoms with Crippen molar-refractivity contribution in [2.24, 2.45) is 5.92 Å². The second-order valence-electron chi connectivity index (χ2n) is 8.03. The first kappa shape index (κ1) is 26.8. The normalized spacial score (nSPS) is 17.2. The van der Waals surface area contributed by atoms with Crippen molar-refractivity contribution in [1.82, 2.24) is 33.7 Å². The molecule has 0 aromatic carbocycles. The van der Waals surface area contributed by atoms with E-state index in [1.54, 1.807) is 12.3 Å². The van der Waals surface area contributed by atoms with E-state index in [-0.39, 0.29) is 65.9 Å². The van der Waals surface area contributed by atoms with E-state index in [1.165, 1.54) is 21.6 Å². The van der Waals surface area contributed by atoms with Crippen LogP contribution in [0.2, 0.25) is 0 Å². The van der Waals surface area contributed by atoms with Crippen LogP contribution in [0.15, 0.2) is 24.7 Å². The number of halogens is 2. The molecule has 12 nitrogen and oxygen atoms in total. The fourth-order valence-electron chi connectivity index (χ4n) is 3.69. The Morgan fingerprint density at radius 1 is 1.34 bits per heavy atom. The first-order chi connectivity index (χ1) is 15.7. The summed E-state index contributed by atoms with van der Waals surface area (Å²) in [6.07, 6.45) is 6.21. The molecule has 1 saturated heterocycles. The van der Waals surface area contributed by atoms with Crippen LogP contribution in [0.4, 0.5) is 14.7 Å². The van der Waals surface area contributed by atoms with Crippen LogP contribution in [-0.2, 0) is 41.4 Å². The van der Waals surface area contributed by atoms with Crippen molar-refractivity contribution in [3.8, 4) is 11.4 Å². The number of hydrogen-bond acceptors (Lipinski definition) is 7. The first-order valence-corrected chi connectivity index (χ1v) is 11.4. The summed E-state index contributed by atoms with van der Waals surface area (Å²) in [6, 6.07) is 1.62. The van der Waals surface area contributed by atoms with E-state index in [4.69, 9.17) is 6.57 Å². The summed E-state index contributed by atoms with van der Waals surface area (Å²) in [7, 11) is -4.73. The van der Waals surface area contributed by atoms with Crippen LogP contribution in [0.1, 0.15) is 12.8 Å². The van der Waals surface area contributed by atoms with Crippen LogP contribution in [0.5, 0.6) is 0 Å². The number of carbonyl (C=O) groups excluding carboxylic acids is 1. The summed E-state index contributed by atoms with van der Waals surface area (Å²) in [5.41, 5.74) is -0.139. The second kappa shape index (κ2) is 9.67. The summed E-state index contributed by atoms with van der Waals surface area (Å²) in [5.74, 6) is -3.18. The number of nitrogens with zero attached hydrogens (tertiary/aromatic N) is 8. The maximum Gasteiger partial charge on any atom is 0.350 e. The molecule has 2 fully saturated rings. The monoisotopic (exact) mass is 676 g/mol. The van der Waals surface area contributed by atoms with Gasteiger partial charge in [0.05, 0.1) is 11.8 Å². The smallest absolute Gasteiger partial charge is 0.350 e. The van der Waals surface area contributed by atoms with Gasteiger partial charge in [-0.15, -0.1) is 5.10 Å². The molecule has 1 amide bonds. The summed E-state index contributed by atoms with van der Waals surface area (Å²) >= 11 is 0. The molecule has 0 radical (unpaired) electrons. The molecule has 0 spiro atoms. The maximum atomic E-state index is 12.9. The molecule has 0 unspecified atom stereocenters. The van der Waals surface area contributed by atoms with Crippen LogP contribution in [0.3, 0.4) is 0 Å². The third-order valence-electron chi connectivity index (χ3n) is 5.66. The number of sulfonamides is 1. The van der Waals surface area contributed by atoms with Gasteiger partial charge in [-0.25, -0.2) is 20.0 Å². The van der Waals surface area contributed by atoms with Crippen molar-refractivity contribution in [3.63, 3.8) is 0 Å². The van der Waals surface area contributed by atoms with E-state index in [0.29, 0.717) is 21.3 Å². The molecule has 0 atom stereocenters. The fourth-order valence-corrected chi connectivity index (χ4v) is 4.76. The van der Waals surface area contributed by atoms with Gasteiger partial charge in [-0.2, -0.15) is 27.7 Å². The van der Waals surface area contributed by atoms with Crippen LogP contribution in [0.25, 0.3) is 21.9 Å². The number of fused-ring (bicyclic) bond motifs is 1. The van der Waals surface area contributed by atoms with Gasteiger partial charge in [0.25, 0.3) is 10.0 Å². The van der Waals surface area contributed by atoms with Crippen molar-refractivity contribution >= 4 is 27.5 Å². The molecule has 2 aliphatic rings. The molecular formula is C19H20F2N9O3SW-. The van der Waals surface area contributed by atoms with Gasteiger partial charge in [-0.05, 0) is 12.8 Å². The van der Waals surface area contributed by atoms with E-state index in [0.717, 1.165) is 12.8 Å². The predicted octanol–water partition coefficient (Wildman–Crippen LogP) is 1.27. The van der Waals surface area contributed by atoms with E-state index >= 15 is 0 Å². The summed E-state index contributed by atoms with van der Waals surface area (Å²) in [4.78, 5) is 24.0. The number of anilines is 1. The Labute approximate surface area is 213 Å². The number of rotatable bonds is 7. The van der Waals surface area contributed by atoms with Crippen molar-refractivity contribution in [2.45, 2.75) is 24.1 Å². The Morgan fingerprint density at radius 3 is 2.69 bits per heavy atom. The minimum atomic E-state index is -4.73. The minimum Gasteiger partial charge on any atom is -0.358 e. The van der Waals surface area contributed by atoms with Gasteiger partial charge < -0.3 is 12.3 Å². The predicted molar refractivity (Wildman–Crippen MR) is 116 cm³/mol. The molecule has 16 heteroatoms. The standard InChI is InChI=1S/C18H17F2N9O3S.CH3.W/c1-21-8-18(9-27(10-18)33(31,32)16(19)20)28-7-12(6-23-28)14-22-5-4-13-24-17(26-29(13)14)25-15(30)11-2-3-11;;/h4-7,11,16H,2-3,8-10H2,(H,25,26,30);1H3;/q;-1;. The van der Waals surface area contributed by atoms with Crippen LogP contribution in [-0.4, -0.2) is 73.4 Å². The SMILES string of the molecule is [C-]#[N+]CC1(n2cc(-c3nccc4nc(NC(=O)C5CC5)nn34)cn2)CN(S(=O)(=O)C(F)F)C1.[CH3-].[W]. The Hall–Kier alpha value is -2.82. The molecule has 186 valence electrons. The van der Waals surface area contributed by atoms with Crippen molar-refractivity contribution < 1.29 is 43.1 Å². The molecule has 3 aromatic heterocycles. The van der Waals surface area contributed by atoms with Crippen molar-refractivity contribution in [1.29, 1.82) is 0 Å². The number of alkyl halides is 2. The van der Waals surface area contributed by atoms with Gasteiger partial charge in [0.1, 0.15) is 0 Å². The van der Waals surface area contributed by atoms with Gasteiger partial charge in [-0.1, -0.05) is 0 Å². The number of amides is 1. The van der Waals surface area contributed by atoms with E-state index < -0.39 is 21.3 Å². The zero-order chi connectivity index (χ0) is 23.4. The van der Waals surface area contributed by atoms with Gasteiger partial charge in [-0.3, -0.25) is 14.8 Å². The fraction of sp³-hybridized carbons (Fsp3) is 0.421. The zero-order valence-corrected chi connectivity index (χ0v) is 22.1. The molecule has 3 aromatic rings. The topological polar surface area (TPSA) is 132 Å². The Bertz CT molecular complexity index is 1390. The molecule has 1 aliphatic heterocycles. The number of hydrogen-bond donors (Lipinski definition) is 1. The van der Waals surface area contributed by atoms with E-state index in [9.17, 15) is 22.0 Å². The molecule has 35 heavy (non-hydrogen) atoms. The third kappa shape index (κ3) is 4.70. The summed E-state index contributed by atoms with van der Waals surface area (Å²) in [6.45, 7) is 6.50. The Balaban J connectivity index is 0.00000171. The average molecular weight is 676 g/mol. The van der Waals surface area contributed by atoms with Gasteiger partial charge in [0, 0.05) is 58.5 Å². The van der Waals surface area contributed by atoms with Crippen molar-refractivity contribution in [3.05, 3.63) is 43.5 Å². The molecule has 5 rings (SSSR count). The molecular weight excluding hydrogens is 656 g/mol. The number of aromatic nitrogens is 6. The third-order valence-corrected chi connectivity index (χ3v) is 7.09. The molecule has 1 saturated carbocycles.